The normalized spacial score (nSPS) is 22.6. The third-order valence-corrected chi connectivity index (χ3v) is 8.49. The number of halogens is 1. The van der Waals surface area contributed by atoms with E-state index in [9.17, 15) is 5.11 Å². The van der Waals surface area contributed by atoms with Crippen LogP contribution in [0.5, 0.6) is 0 Å². The second kappa shape index (κ2) is 18.2. The lowest BCUT2D eigenvalue weighted by molar-refractivity contribution is 0.191. The third-order valence-electron chi connectivity index (χ3n) is 7.05. The van der Waals surface area contributed by atoms with Crippen molar-refractivity contribution in [3.63, 3.8) is 0 Å². The Morgan fingerprint density at radius 1 is 0.714 bits per heavy atom. The molecule has 0 aromatic rings. The molecule has 1 N–H and O–H groups in total. The fourth-order valence-electron chi connectivity index (χ4n) is 5.13. The molecule has 1 aliphatic carbocycles. The number of hydrogen-bond acceptors (Lipinski definition) is 1. The number of alkyl halides is 1. The molecule has 1 fully saturated rings. The molecule has 0 spiro atoms. The predicted octanol–water partition coefficient (Wildman–Crippen LogP) is 9.34. The number of rotatable bonds is 19. The van der Waals surface area contributed by atoms with E-state index in [2.05, 4.69) is 22.9 Å². The number of aliphatic hydroxyl groups is 1. The first-order valence-electron chi connectivity index (χ1n) is 13.0. The highest BCUT2D eigenvalue weighted by atomic mass is 79.9. The van der Waals surface area contributed by atoms with Gasteiger partial charge >= 0.3 is 0 Å². The van der Waals surface area contributed by atoms with Crippen LogP contribution in [0, 0.1) is 5.92 Å². The van der Waals surface area contributed by atoms with Gasteiger partial charge in [0.1, 0.15) is 0 Å². The molecule has 0 aliphatic heterocycles. The lowest BCUT2D eigenvalue weighted by Crippen LogP contribution is -2.35. The van der Waals surface area contributed by atoms with Crippen molar-refractivity contribution in [2.24, 2.45) is 5.92 Å². The zero-order valence-corrected chi connectivity index (χ0v) is 20.8. The van der Waals surface area contributed by atoms with E-state index in [0.29, 0.717) is 16.8 Å². The van der Waals surface area contributed by atoms with Crippen molar-refractivity contribution in [3.8, 4) is 0 Å². The summed E-state index contributed by atoms with van der Waals surface area (Å²) in [4.78, 5) is 0. The summed E-state index contributed by atoms with van der Waals surface area (Å²) in [6, 6.07) is 0. The van der Waals surface area contributed by atoms with Crippen LogP contribution < -0.4 is 0 Å². The molecule has 1 rings (SSSR count). The molecule has 2 atom stereocenters. The van der Waals surface area contributed by atoms with Crippen molar-refractivity contribution in [1.29, 1.82) is 0 Å². The highest BCUT2D eigenvalue weighted by Gasteiger charge is 2.37. The van der Waals surface area contributed by atoms with Crippen LogP contribution in [-0.2, 0) is 0 Å². The standard InChI is InChI=1S/C26H51BrO/c1-2-3-4-5-6-7-8-9-10-11-12-13-14-15-16-18-22-26(27)23-19-17-20-25(26)21-24-28/h25,28H,2-24H2,1H3. The van der Waals surface area contributed by atoms with Crippen molar-refractivity contribution in [3.05, 3.63) is 0 Å². The van der Waals surface area contributed by atoms with Gasteiger partial charge in [0, 0.05) is 10.9 Å². The summed E-state index contributed by atoms with van der Waals surface area (Å²) in [7, 11) is 0. The second-order valence-electron chi connectivity index (χ2n) is 9.54. The average molecular weight is 460 g/mol. The van der Waals surface area contributed by atoms with Gasteiger partial charge < -0.3 is 5.11 Å². The maximum atomic E-state index is 9.34. The first-order valence-corrected chi connectivity index (χ1v) is 13.8. The van der Waals surface area contributed by atoms with Crippen LogP contribution in [0.2, 0.25) is 0 Å². The first kappa shape index (κ1) is 26.5. The summed E-state index contributed by atoms with van der Waals surface area (Å²) < 4.78 is 0.337. The summed E-state index contributed by atoms with van der Waals surface area (Å²) in [5, 5.41) is 9.34. The maximum absolute atomic E-state index is 9.34. The van der Waals surface area contributed by atoms with Crippen molar-refractivity contribution in [2.75, 3.05) is 6.61 Å². The summed E-state index contributed by atoms with van der Waals surface area (Å²) >= 11 is 4.10. The highest BCUT2D eigenvalue weighted by Crippen LogP contribution is 2.45. The van der Waals surface area contributed by atoms with Gasteiger partial charge in [0.25, 0.3) is 0 Å². The van der Waals surface area contributed by atoms with Crippen LogP contribution in [-0.4, -0.2) is 16.0 Å². The fraction of sp³-hybridized carbons (Fsp3) is 1.00. The Morgan fingerprint density at radius 2 is 1.18 bits per heavy atom. The topological polar surface area (TPSA) is 20.2 Å². The zero-order chi connectivity index (χ0) is 20.3. The van der Waals surface area contributed by atoms with Crippen LogP contribution in [0.25, 0.3) is 0 Å². The minimum absolute atomic E-state index is 0.337. The number of unbranched alkanes of at least 4 members (excludes halogenated alkanes) is 15. The predicted molar refractivity (Wildman–Crippen MR) is 129 cm³/mol. The molecule has 1 aliphatic rings. The van der Waals surface area contributed by atoms with Gasteiger partial charge in [-0.25, -0.2) is 0 Å². The Kier molecular flexibility index (Phi) is 17.2. The third kappa shape index (κ3) is 12.9. The van der Waals surface area contributed by atoms with E-state index in [1.807, 2.05) is 0 Å². The molecular weight excluding hydrogens is 408 g/mol. The summed E-state index contributed by atoms with van der Waals surface area (Å²) in [6.45, 7) is 2.65. The summed E-state index contributed by atoms with van der Waals surface area (Å²) in [6.07, 6.45) is 30.7. The molecule has 1 saturated carbocycles. The molecule has 0 heterocycles. The van der Waals surface area contributed by atoms with Crippen LogP contribution in [0.3, 0.4) is 0 Å². The second-order valence-corrected chi connectivity index (χ2v) is 11.1. The molecule has 0 amide bonds. The van der Waals surface area contributed by atoms with Gasteiger partial charge in [0.15, 0.2) is 0 Å². The van der Waals surface area contributed by atoms with Gasteiger partial charge in [-0.05, 0) is 31.6 Å². The van der Waals surface area contributed by atoms with Gasteiger partial charge in [-0.3, -0.25) is 0 Å². The molecule has 168 valence electrons. The average Bonchev–Trinajstić information content (AvgIpc) is 2.70. The van der Waals surface area contributed by atoms with Crippen LogP contribution in [0.1, 0.15) is 148 Å². The Morgan fingerprint density at radius 3 is 1.64 bits per heavy atom. The van der Waals surface area contributed by atoms with E-state index in [4.69, 9.17) is 0 Å². The zero-order valence-electron chi connectivity index (χ0n) is 19.2. The van der Waals surface area contributed by atoms with E-state index >= 15 is 0 Å². The first-order chi connectivity index (χ1) is 13.7. The van der Waals surface area contributed by atoms with Crippen LogP contribution >= 0.6 is 15.9 Å². The van der Waals surface area contributed by atoms with Crippen molar-refractivity contribution >= 4 is 15.9 Å². The molecule has 0 radical (unpaired) electrons. The molecule has 0 aromatic heterocycles. The Bertz CT molecular complexity index is 330. The van der Waals surface area contributed by atoms with E-state index in [1.165, 1.54) is 135 Å². The molecule has 2 unspecified atom stereocenters. The Hall–Kier alpha value is 0.440. The van der Waals surface area contributed by atoms with E-state index in [0.717, 1.165) is 6.42 Å². The lowest BCUT2D eigenvalue weighted by atomic mass is 9.75. The summed E-state index contributed by atoms with van der Waals surface area (Å²) in [5.41, 5.74) is 0. The molecule has 0 saturated heterocycles. The van der Waals surface area contributed by atoms with Crippen LogP contribution in [0.15, 0.2) is 0 Å². The van der Waals surface area contributed by atoms with Gasteiger partial charge in [-0.2, -0.15) is 0 Å². The molecule has 1 nitrogen and oxygen atoms in total. The Balaban J connectivity index is 1.85. The lowest BCUT2D eigenvalue weighted by Gasteiger charge is -2.40. The molecule has 28 heavy (non-hydrogen) atoms. The molecule has 2 heteroatoms. The fourth-order valence-corrected chi connectivity index (χ4v) is 6.15. The van der Waals surface area contributed by atoms with Gasteiger partial charge in [0.05, 0.1) is 0 Å². The van der Waals surface area contributed by atoms with Crippen LogP contribution in [0.4, 0.5) is 0 Å². The minimum Gasteiger partial charge on any atom is -0.396 e. The molecule has 0 bridgehead atoms. The number of aliphatic hydroxyl groups excluding tert-OH is 1. The SMILES string of the molecule is CCCCCCCCCCCCCCCCCCC1(Br)CCCCC1CCO. The summed E-state index contributed by atoms with van der Waals surface area (Å²) in [5.74, 6) is 0.697. The quantitative estimate of drug-likeness (QED) is 0.151. The van der Waals surface area contributed by atoms with Gasteiger partial charge in [-0.15, -0.1) is 0 Å². The van der Waals surface area contributed by atoms with Crippen molar-refractivity contribution in [2.45, 2.75) is 153 Å². The largest absolute Gasteiger partial charge is 0.396 e. The van der Waals surface area contributed by atoms with Gasteiger partial charge in [0.2, 0.25) is 0 Å². The van der Waals surface area contributed by atoms with Crippen molar-refractivity contribution in [1.82, 2.24) is 0 Å². The maximum Gasteiger partial charge on any atom is 0.0434 e. The van der Waals surface area contributed by atoms with E-state index in [1.54, 1.807) is 0 Å². The smallest absolute Gasteiger partial charge is 0.0434 e. The highest BCUT2D eigenvalue weighted by molar-refractivity contribution is 9.10. The minimum atomic E-state index is 0.337. The number of hydrogen-bond donors (Lipinski definition) is 1. The molecule has 0 aromatic carbocycles. The van der Waals surface area contributed by atoms with E-state index < -0.39 is 0 Å². The monoisotopic (exact) mass is 458 g/mol. The Labute approximate surface area is 186 Å². The molecular formula is C26H51BrO. The van der Waals surface area contributed by atoms with Gasteiger partial charge in [-0.1, -0.05) is 138 Å². The van der Waals surface area contributed by atoms with Crippen molar-refractivity contribution < 1.29 is 5.11 Å². The van der Waals surface area contributed by atoms with E-state index in [-0.39, 0.29) is 0 Å².